The van der Waals surface area contributed by atoms with E-state index in [1.165, 1.54) is 0 Å². The molecular weight excluding hydrogens is 228 g/mol. The van der Waals surface area contributed by atoms with Crippen molar-refractivity contribution >= 4 is 11.8 Å². The largest absolute Gasteiger partial charge is 0.368 e. The standard InChI is InChI=1S/C14H20N2O2/c1-9(2)14(18)16-12(13(15)17)8-11-6-4-10(3)5-7-11/h4-7,9,12H,8H2,1-3H3,(H2,15,17)(H,16,18)/t12-/m1/s1. The molecule has 0 aliphatic heterocycles. The van der Waals surface area contributed by atoms with Gasteiger partial charge in [0.05, 0.1) is 0 Å². The van der Waals surface area contributed by atoms with Crippen molar-refractivity contribution in [2.24, 2.45) is 11.7 Å². The fourth-order valence-corrected chi connectivity index (χ4v) is 1.52. The summed E-state index contributed by atoms with van der Waals surface area (Å²) in [6.07, 6.45) is 0.425. The van der Waals surface area contributed by atoms with E-state index in [0.29, 0.717) is 6.42 Å². The van der Waals surface area contributed by atoms with Crippen molar-refractivity contribution in [1.82, 2.24) is 5.32 Å². The van der Waals surface area contributed by atoms with Crippen LogP contribution in [0.1, 0.15) is 25.0 Å². The van der Waals surface area contributed by atoms with Crippen LogP contribution in [0.3, 0.4) is 0 Å². The van der Waals surface area contributed by atoms with Gasteiger partial charge in [-0.3, -0.25) is 9.59 Å². The van der Waals surface area contributed by atoms with Crippen LogP contribution in [0.25, 0.3) is 0 Å². The van der Waals surface area contributed by atoms with Gasteiger partial charge in [-0.15, -0.1) is 0 Å². The van der Waals surface area contributed by atoms with E-state index >= 15 is 0 Å². The molecule has 1 aromatic rings. The fraction of sp³-hybridized carbons (Fsp3) is 0.429. The van der Waals surface area contributed by atoms with Gasteiger partial charge in [0.1, 0.15) is 6.04 Å². The van der Waals surface area contributed by atoms with Crippen LogP contribution >= 0.6 is 0 Å². The van der Waals surface area contributed by atoms with Gasteiger partial charge in [-0.25, -0.2) is 0 Å². The van der Waals surface area contributed by atoms with Crippen molar-refractivity contribution in [2.75, 3.05) is 0 Å². The van der Waals surface area contributed by atoms with E-state index < -0.39 is 11.9 Å². The fourth-order valence-electron chi connectivity index (χ4n) is 1.52. The SMILES string of the molecule is Cc1ccc(C[C@@H](NC(=O)C(C)C)C(N)=O)cc1. The Morgan fingerprint density at radius 2 is 1.78 bits per heavy atom. The van der Waals surface area contributed by atoms with Gasteiger partial charge in [0.15, 0.2) is 0 Å². The van der Waals surface area contributed by atoms with E-state index in [2.05, 4.69) is 5.32 Å². The predicted molar refractivity (Wildman–Crippen MR) is 70.8 cm³/mol. The molecule has 0 aliphatic rings. The van der Waals surface area contributed by atoms with E-state index in [4.69, 9.17) is 5.73 Å². The average Bonchev–Trinajstić information content (AvgIpc) is 2.30. The Kier molecular flexibility index (Phi) is 4.89. The zero-order valence-corrected chi connectivity index (χ0v) is 11.1. The molecule has 0 saturated heterocycles. The van der Waals surface area contributed by atoms with E-state index in [9.17, 15) is 9.59 Å². The zero-order valence-electron chi connectivity index (χ0n) is 11.1. The average molecular weight is 248 g/mol. The molecule has 0 radical (unpaired) electrons. The Balaban J connectivity index is 2.72. The summed E-state index contributed by atoms with van der Waals surface area (Å²) >= 11 is 0. The number of amides is 2. The lowest BCUT2D eigenvalue weighted by Gasteiger charge is -2.17. The number of aryl methyl sites for hydroxylation is 1. The minimum Gasteiger partial charge on any atom is -0.368 e. The molecule has 0 aliphatic carbocycles. The number of nitrogens with one attached hydrogen (secondary N) is 1. The van der Waals surface area contributed by atoms with E-state index in [0.717, 1.165) is 11.1 Å². The molecule has 4 heteroatoms. The number of primary amides is 1. The molecule has 0 bridgehead atoms. The van der Waals surface area contributed by atoms with Crippen LogP contribution in [0.4, 0.5) is 0 Å². The van der Waals surface area contributed by atoms with Crippen molar-refractivity contribution in [3.05, 3.63) is 35.4 Å². The molecule has 0 aromatic heterocycles. The molecular formula is C14H20N2O2. The molecule has 2 amide bonds. The van der Waals surface area contributed by atoms with Crippen molar-refractivity contribution in [1.29, 1.82) is 0 Å². The number of hydrogen-bond acceptors (Lipinski definition) is 2. The number of rotatable bonds is 5. The summed E-state index contributed by atoms with van der Waals surface area (Å²) in [5, 5.41) is 2.67. The zero-order chi connectivity index (χ0) is 13.7. The first-order valence-electron chi connectivity index (χ1n) is 6.05. The van der Waals surface area contributed by atoms with Crippen molar-refractivity contribution < 1.29 is 9.59 Å². The Bertz CT molecular complexity index is 424. The first-order valence-corrected chi connectivity index (χ1v) is 6.05. The Labute approximate surface area is 108 Å². The maximum absolute atomic E-state index is 11.6. The van der Waals surface area contributed by atoms with Crippen LogP contribution in [0.5, 0.6) is 0 Å². The van der Waals surface area contributed by atoms with Crippen LogP contribution in [0.2, 0.25) is 0 Å². The molecule has 0 fully saturated rings. The Hall–Kier alpha value is -1.84. The second-order valence-corrected chi connectivity index (χ2v) is 4.81. The van der Waals surface area contributed by atoms with Gasteiger partial charge < -0.3 is 11.1 Å². The highest BCUT2D eigenvalue weighted by Gasteiger charge is 2.19. The number of hydrogen-bond donors (Lipinski definition) is 2. The second-order valence-electron chi connectivity index (χ2n) is 4.81. The topological polar surface area (TPSA) is 72.2 Å². The molecule has 98 valence electrons. The lowest BCUT2D eigenvalue weighted by atomic mass is 10.0. The van der Waals surface area contributed by atoms with Crippen LogP contribution in [-0.4, -0.2) is 17.9 Å². The van der Waals surface area contributed by atoms with Crippen LogP contribution in [-0.2, 0) is 16.0 Å². The molecule has 1 rings (SSSR count). The molecule has 0 saturated carbocycles. The highest BCUT2D eigenvalue weighted by atomic mass is 16.2. The van der Waals surface area contributed by atoms with Gasteiger partial charge in [-0.1, -0.05) is 43.7 Å². The molecule has 0 spiro atoms. The number of benzene rings is 1. The summed E-state index contributed by atoms with van der Waals surface area (Å²) in [7, 11) is 0. The minimum atomic E-state index is -0.650. The summed E-state index contributed by atoms with van der Waals surface area (Å²) in [6, 6.07) is 7.16. The maximum atomic E-state index is 11.6. The monoisotopic (exact) mass is 248 g/mol. The van der Waals surface area contributed by atoms with Gasteiger partial charge in [0, 0.05) is 12.3 Å². The Morgan fingerprint density at radius 1 is 1.22 bits per heavy atom. The summed E-state index contributed by atoms with van der Waals surface area (Å²) in [5.41, 5.74) is 7.44. The molecule has 0 heterocycles. The summed E-state index contributed by atoms with van der Waals surface area (Å²) < 4.78 is 0. The summed E-state index contributed by atoms with van der Waals surface area (Å²) in [4.78, 5) is 22.9. The number of nitrogens with two attached hydrogens (primary N) is 1. The van der Waals surface area contributed by atoms with Crippen LogP contribution in [0, 0.1) is 12.8 Å². The minimum absolute atomic E-state index is 0.161. The number of carbonyl (C=O) groups is 2. The Morgan fingerprint density at radius 3 is 2.22 bits per heavy atom. The maximum Gasteiger partial charge on any atom is 0.240 e. The van der Waals surface area contributed by atoms with Gasteiger partial charge in [-0.2, -0.15) is 0 Å². The first-order chi connectivity index (χ1) is 8.40. The highest BCUT2D eigenvalue weighted by molar-refractivity contribution is 5.87. The third-order valence-corrected chi connectivity index (χ3v) is 2.74. The number of carbonyl (C=O) groups excluding carboxylic acids is 2. The van der Waals surface area contributed by atoms with Gasteiger partial charge >= 0.3 is 0 Å². The van der Waals surface area contributed by atoms with E-state index in [1.54, 1.807) is 13.8 Å². The molecule has 18 heavy (non-hydrogen) atoms. The summed E-state index contributed by atoms with van der Waals surface area (Å²) in [5.74, 6) is -0.833. The van der Waals surface area contributed by atoms with Crippen molar-refractivity contribution in [2.45, 2.75) is 33.2 Å². The molecule has 4 nitrogen and oxygen atoms in total. The second kappa shape index (κ2) is 6.19. The van der Waals surface area contributed by atoms with Crippen LogP contribution < -0.4 is 11.1 Å². The van der Waals surface area contributed by atoms with Gasteiger partial charge in [-0.05, 0) is 12.5 Å². The third kappa shape index (κ3) is 4.20. The van der Waals surface area contributed by atoms with Gasteiger partial charge in [0.2, 0.25) is 11.8 Å². The van der Waals surface area contributed by atoms with Gasteiger partial charge in [0.25, 0.3) is 0 Å². The predicted octanol–water partition coefficient (Wildman–Crippen LogP) is 1.16. The smallest absolute Gasteiger partial charge is 0.240 e. The molecule has 0 unspecified atom stereocenters. The third-order valence-electron chi connectivity index (χ3n) is 2.74. The molecule has 3 N–H and O–H groups in total. The molecule has 1 atom stereocenters. The first kappa shape index (κ1) is 14.2. The highest BCUT2D eigenvalue weighted by Crippen LogP contribution is 2.06. The lowest BCUT2D eigenvalue weighted by molar-refractivity contribution is -0.129. The van der Waals surface area contributed by atoms with E-state index in [-0.39, 0.29) is 11.8 Å². The summed E-state index contributed by atoms with van der Waals surface area (Å²) in [6.45, 7) is 5.55. The van der Waals surface area contributed by atoms with Crippen LogP contribution in [0.15, 0.2) is 24.3 Å². The normalized spacial score (nSPS) is 12.2. The lowest BCUT2D eigenvalue weighted by Crippen LogP contribution is -2.47. The van der Waals surface area contributed by atoms with E-state index in [1.807, 2.05) is 31.2 Å². The van der Waals surface area contributed by atoms with Crippen molar-refractivity contribution in [3.63, 3.8) is 0 Å². The van der Waals surface area contributed by atoms with Crippen molar-refractivity contribution in [3.8, 4) is 0 Å². The molecule has 1 aromatic carbocycles. The quantitative estimate of drug-likeness (QED) is 0.820.